The Balaban J connectivity index is 1.41. The van der Waals surface area contributed by atoms with E-state index in [2.05, 4.69) is 31.3 Å². The number of carbonyl (C=O) groups is 3. The Morgan fingerprint density at radius 1 is 0.975 bits per heavy atom. The molecule has 4 aromatic rings. The Hall–Kier alpha value is -4.37. The van der Waals surface area contributed by atoms with E-state index in [1.54, 1.807) is 13.0 Å². The van der Waals surface area contributed by atoms with Crippen molar-refractivity contribution in [1.29, 1.82) is 0 Å². The molecule has 2 aromatic carbocycles. The van der Waals surface area contributed by atoms with E-state index in [-0.39, 0.29) is 39.8 Å². The molecule has 2 amide bonds. The minimum atomic E-state index is -0.693. The van der Waals surface area contributed by atoms with Gasteiger partial charge in [0.15, 0.2) is 5.76 Å². The molecule has 3 N–H and O–H groups in total. The van der Waals surface area contributed by atoms with Gasteiger partial charge in [-0.3, -0.25) is 9.59 Å². The first-order valence-corrected chi connectivity index (χ1v) is 13.7. The number of amides is 2. The van der Waals surface area contributed by atoms with Gasteiger partial charge in [0.25, 0.3) is 11.8 Å². The number of esters is 1. The molecule has 2 aromatic heterocycles. The van der Waals surface area contributed by atoms with Crippen LogP contribution < -0.4 is 15.8 Å². The molecule has 0 unspecified atom stereocenters. The number of primary amides is 1. The molecule has 8 nitrogen and oxygen atoms in total. The van der Waals surface area contributed by atoms with Crippen molar-refractivity contribution < 1.29 is 28.3 Å². The van der Waals surface area contributed by atoms with E-state index in [1.807, 2.05) is 49.4 Å². The number of carbonyl (C=O) groups excluding carboxylic acids is 3. The van der Waals surface area contributed by atoms with Crippen LogP contribution in [0.2, 0.25) is 0 Å². The summed E-state index contributed by atoms with van der Waals surface area (Å²) in [6, 6.07) is 21.4. The summed E-state index contributed by atoms with van der Waals surface area (Å²) in [7, 11) is 0. The van der Waals surface area contributed by atoms with Gasteiger partial charge in [-0.1, -0.05) is 63.2 Å². The summed E-state index contributed by atoms with van der Waals surface area (Å²) in [5.74, 6) is -0.773. The maximum Gasteiger partial charge on any atom is 0.341 e. The molecule has 0 atom stereocenters. The van der Waals surface area contributed by atoms with Crippen LogP contribution in [0.1, 0.15) is 80.2 Å². The van der Waals surface area contributed by atoms with Crippen molar-refractivity contribution in [1.82, 2.24) is 0 Å². The fraction of sp³-hybridized carbons (Fsp3) is 0.258. The average molecular weight is 561 g/mol. The van der Waals surface area contributed by atoms with Gasteiger partial charge < -0.3 is 24.9 Å². The number of ether oxygens (including phenoxy) is 2. The van der Waals surface area contributed by atoms with Gasteiger partial charge in [-0.2, -0.15) is 0 Å². The molecule has 0 saturated heterocycles. The normalized spacial score (nSPS) is 11.2. The van der Waals surface area contributed by atoms with Crippen molar-refractivity contribution in [3.8, 4) is 5.75 Å². The number of nitrogens with one attached hydrogen (secondary N) is 1. The zero-order valence-electron chi connectivity index (χ0n) is 22.9. The largest absolute Gasteiger partial charge is 0.486 e. The smallest absolute Gasteiger partial charge is 0.341 e. The molecule has 0 spiro atoms. The van der Waals surface area contributed by atoms with E-state index in [9.17, 15) is 14.4 Å². The van der Waals surface area contributed by atoms with Gasteiger partial charge in [-0.05, 0) is 54.3 Å². The van der Waals surface area contributed by atoms with Gasteiger partial charge in [-0.25, -0.2) is 4.79 Å². The predicted octanol–water partition coefficient (Wildman–Crippen LogP) is 6.47. The highest BCUT2D eigenvalue weighted by molar-refractivity contribution is 7.18. The Bertz CT molecular complexity index is 1500. The minimum absolute atomic E-state index is 0.0260. The summed E-state index contributed by atoms with van der Waals surface area (Å²) in [5, 5.41) is 2.83. The summed E-state index contributed by atoms with van der Waals surface area (Å²) < 4.78 is 16.8. The van der Waals surface area contributed by atoms with Crippen LogP contribution in [-0.4, -0.2) is 24.4 Å². The lowest BCUT2D eigenvalue weighted by molar-refractivity contribution is 0.0506. The zero-order valence-corrected chi connectivity index (χ0v) is 23.7. The molecule has 40 heavy (non-hydrogen) atoms. The van der Waals surface area contributed by atoms with E-state index in [4.69, 9.17) is 19.6 Å². The summed E-state index contributed by atoms with van der Waals surface area (Å²) in [4.78, 5) is 37.5. The second-order valence-corrected chi connectivity index (χ2v) is 10.8. The lowest BCUT2D eigenvalue weighted by atomic mass is 9.78. The van der Waals surface area contributed by atoms with E-state index < -0.39 is 17.8 Å². The number of thiophene rings is 1. The van der Waals surface area contributed by atoms with Crippen LogP contribution in [0.25, 0.3) is 0 Å². The molecular formula is C31H32N2O6S. The number of anilines is 1. The van der Waals surface area contributed by atoms with Crippen molar-refractivity contribution in [2.75, 3.05) is 11.9 Å². The molecule has 0 fully saturated rings. The van der Waals surface area contributed by atoms with Crippen LogP contribution >= 0.6 is 11.3 Å². The number of benzene rings is 2. The number of rotatable bonds is 11. The van der Waals surface area contributed by atoms with Gasteiger partial charge >= 0.3 is 5.97 Å². The second-order valence-electron chi connectivity index (χ2n) is 9.78. The van der Waals surface area contributed by atoms with Crippen molar-refractivity contribution >= 4 is 34.1 Å². The van der Waals surface area contributed by atoms with Crippen LogP contribution in [0.4, 0.5) is 5.00 Å². The van der Waals surface area contributed by atoms with Crippen molar-refractivity contribution in [3.63, 3.8) is 0 Å². The SMILES string of the molecule is CCCOC(=O)c1c(NC(=O)c2ccc(COc3ccc(C(C)(C)c4ccccc4)cc3)o2)sc(C(N)=O)c1C. The summed E-state index contributed by atoms with van der Waals surface area (Å²) in [5.41, 5.74) is 8.14. The first-order chi connectivity index (χ1) is 19.1. The molecule has 0 saturated carbocycles. The third kappa shape index (κ3) is 6.26. The molecule has 208 valence electrons. The van der Waals surface area contributed by atoms with E-state index in [0.29, 0.717) is 23.5 Å². The minimum Gasteiger partial charge on any atom is -0.486 e. The molecule has 0 radical (unpaired) electrons. The molecule has 0 aliphatic rings. The average Bonchev–Trinajstić information content (AvgIpc) is 3.56. The molecule has 4 rings (SSSR count). The lowest BCUT2D eigenvalue weighted by Crippen LogP contribution is -2.18. The zero-order chi connectivity index (χ0) is 28.9. The molecule has 9 heteroatoms. The second kappa shape index (κ2) is 12.2. The van der Waals surface area contributed by atoms with Crippen LogP contribution in [-0.2, 0) is 16.8 Å². The van der Waals surface area contributed by atoms with Crippen molar-refractivity contribution in [3.05, 3.63) is 105 Å². The molecule has 0 bridgehead atoms. The van der Waals surface area contributed by atoms with Crippen molar-refractivity contribution in [2.24, 2.45) is 5.73 Å². The fourth-order valence-electron chi connectivity index (χ4n) is 4.24. The monoisotopic (exact) mass is 560 g/mol. The number of hydrogen-bond donors (Lipinski definition) is 2. The Labute approximate surface area is 237 Å². The number of nitrogens with two attached hydrogens (primary N) is 1. The first-order valence-electron chi connectivity index (χ1n) is 12.9. The topological polar surface area (TPSA) is 121 Å². The molecule has 0 aliphatic carbocycles. The highest BCUT2D eigenvalue weighted by Gasteiger charge is 2.27. The first kappa shape index (κ1) is 28.6. The fourth-order valence-corrected chi connectivity index (χ4v) is 5.28. The summed E-state index contributed by atoms with van der Waals surface area (Å²) in [6.45, 7) is 8.14. The van der Waals surface area contributed by atoms with Gasteiger partial charge in [0.2, 0.25) is 0 Å². The Morgan fingerprint density at radius 2 is 1.65 bits per heavy atom. The molecular weight excluding hydrogens is 528 g/mol. The molecule has 0 aliphatic heterocycles. The van der Waals surface area contributed by atoms with Crippen LogP contribution in [0.15, 0.2) is 71.1 Å². The Kier molecular flexibility index (Phi) is 8.74. The van der Waals surface area contributed by atoms with Crippen LogP contribution in [0.3, 0.4) is 0 Å². The van der Waals surface area contributed by atoms with Crippen LogP contribution in [0.5, 0.6) is 5.75 Å². The highest BCUT2D eigenvalue weighted by atomic mass is 32.1. The summed E-state index contributed by atoms with van der Waals surface area (Å²) in [6.07, 6.45) is 0.631. The van der Waals surface area contributed by atoms with Gasteiger partial charge in [0.1, 0.15) is 23.1 Å². The van der Waals surface area contributed by atoms with E-state index in [0.717, 1.165) is 16.9 Å². The Morgan fingerprint density at radius 3 is 2.30 bits per heavy atom. The van der Waals surface area contributed by atoms with E-state index in [1.165, 1.54) is 11.6 Å². The maximum absolute atomic E-state index is 12.9. The highest BCUT2D eigenvalue weighted by Crippen LogP contribution is 2.34. The van der Waals surface area contributed by atoms with Gasteiger partial charge in [-0.15, -0.1) is 11.3 Å². The third-order valence-corrected chi connectivity index (χ3v) is 7.80. The van der Waals surface area contributed by atoms with Gasteiger partial charge in [0, 0.05) is 5.41 Å². The standard InChI is InChI=1S/C31H32N2O6S/c1-5-17-37-30(36)25-19(2)26(27(32)34)40-29(25)33-28(35)24-16-15-23(39-24)18-38-22-13-11-21(12-14-22)31(3,4)20-9-7-6-8-10-20/h6-16H,5,17-18H2,1-4H3,(H2,32,34)(H,33,35). The van der Waals surface area contributed by atoms with Crippen LogP contribution in [0, 0.1) is 6.92 Å². The number of furan rings is 1. The van der Waals surface area contributed by atoms with E-state index >= 15 is 0 Å². The predicted molar refractivity (Wildman–Crippen MR) is 154 cm³/mol. The van der Waals surface area contributed by atoms with Crippen molar-refractivity contribution in [2.45, 2.75) is 46.1 Å². The quantitative estimate of drug-likeness (QED) is 0.203. The van der Waals surface area contributed by atoms with Gasteiger partial charge in [0.05, 0.1) is 17.0 Å². The third-order valence-electron chi connectivity index (χ3n) is 6.58. The number of hydrogen-bond acceptors (Lipinski definition) is 7. The maximum atomic E-state index is 12.9. The molecule has 2 heterocycles. The lowest BCUT2D eigenvalue weighted by Gasteiger charge is -2.26. The summed E-state index contributed by atoms with van der Waals surface area (Å²) >= 11 is 0.921.